The normalized spacial score (nSPS) is 13.0. The van der Waals surface area contributed by atoms with Crippen LogP contribution in [0.2, 0.25) is 0 Å². The number of fused-ring (bicyclic) bond motifs is 1. The van der Waals surface area contributed by atoms with Crippen molar-refractivity contribution in [1.82, 2.24) is 0 Å². The van der Waals surface area contributed by atoms with E-state index in [0.717, 1.165) is 36.9 Å². The van der Waals surface area contributed by atoms with Crippen LogP contribution < -0.4 is 10.6 Å². The number of nitrogens with one attached hydrogen (secondary N) is 2. The monoisotopic (exact) mass is 327 g/mol. The van der Waals surface area contributed by atoms with Crippen LogP contribution in [0.5, 0.6) is 5.75 Å². The Morgan fingerprint density at radius 1 is 1.26 bits per heavy atom. The van der Waals surface area contributed by atoms with E-state index in [1.807, 2.05) is 0 Å². The summed E-state index contributed by atoms with van der Waals surface area (Å²) in [6.45, 7) is 7.50. The Kier molecular flexibility index (Phi) is 4.49. The van der Waals surface area contributed by atoms with Crippen LogP contribution in [0.3, 0.4) is 0 Å². The lowest BCUT2D eigenvalue weighted by Crippen LogP contribution is -2.21. The smallest absolute Gasteiger partial charge is 0.243 e. The van der Waals surface area contributed by atoms with Gasteiger partial charge in [-0.2, -0.15) is 0 Å². The number of rotatable bonds is 4. The predicted octanol–water partition coefficient (Wildman–Crippen LogP) is 3.93. The van der Waals surface area contributed by atoms with Gasteiger partial charge in [-0.15, -0.1) is 11.3 Å². The SMILES string of the molecule is [C-]#[N+]c1c(NC(=O)CNc2ccc(O)cc2)sc2c1CCCC2. The lowest BCUT2D eigenvalue weighted by molar-refractivity contribution is -0.114. The summed E-state index contributed by atoms with van der Waals surface area (Å²) in [4.78, 5) is 17.0. The molecule has 3 rings (SSSR count). The van der Waals surface area contributed by atoms with Crippen LogP contribution in [0.25, 0.3) is 4.85 Å². The first kappa shape index (κ1) is 15.4. The molecule has 0 bridgehead atoms. The quantitative estimate of drug-likeness (QED) is 0.589. The highest BCUT2D eigenvalue weighted by Gasteiger charge is 2.21. The number of phenolic OH excluding ortho intramolecular Hbond substituents is 1. The molecule has 118 valence electrons. The highest BCUT2D eigenvalue weighted by atomic mass is 32.1. The molecular formula is C17H17N3O2S. The van der Waals surface area contributed by atoms with E-state index < -0.39 is 0 Å². The van der Waals surface area contributed by atoms with Gasteiger partial charge in [-0.1, -0.05) is 6.42 Å². The summed E-state index contributed by atoms with van der Waals surface area (Å²) in [7, 11) is 0. The highest BCUT2D eigenvalue weighted by Crippen LogP contribution is 2.43. The average molecular weight is 327 g/mol. The van der Waals surface area contributed by atoms with Gasteiger partial charge in [0.1, 0.15) is 10.8 Å². The van der Waals surface area contributed by atoms with Crippen LogP contribution in [0, 0.1) is 6.57 Å². The fourth-order valence-electron chi connectivity index (χ4n) is 2.68. The highest BCUT2D eigenvalue weighted by molar-refractivity contribution is 7.17. The molecular weight excluding hydrogens is 310 g/mol. The fourth-order valence-corrected chi connectivity index (χ4v) is 3.93. The van der Waals surface area contributed by atoms with Crippen molar-refractivity contribution < 1.29 is 9.90 Å². The van der Waals surface area contributed by atoms with E-state index in [-0.39, 0.29) is 18.2 Å². The summed E-state index contributed by atoms with van der Waals surface area (Å²) in [5.41, 5.74) is 2.49. The average Bonchev–Trinajstić information content (AvgIpc) is 2.91. The second-order valence-corrected chi connectivity index (χ2v) is 6.55. The Hall–Kier alpha value is -2.52. The van der Waals surface area contributed by atoms with Crippen LogP contribution in [0.15, 0.2) is 24.3 Å². The van der Waals surface area contributed by atoms with Crippen molar-refractivity contribution in [3.63, 3.8) is 0 Å². The summed E-state index contributed by atoms with van der Waals surface area (Å²) in [6.07, 6.45) is 4.21. The molecule has 1 aliphatic carbocycles. The third-order valence-electron chi connectivity index (χ3n) is 3.83. The van der Waals surface area contributed by atoms with E-state index in [9.17, 15) is 9.90 Å². The Bertz CT molecular complexity index is 759. The minimum Gasteiger partial charge on any atom is -0.508 e. The first-order valence-electron chi connectivity index (χ1n) is 7.52. The van der Waals surface area contributed by atoms with Gasteiger partial charge in [0.2, 0.25) is 11.6 Å². The van der Waals surface area contributed by atoms with E-state index in [1.165, 1.54) is 16.2 Å². The second kappa shape index (κ2) is 6.71. The Balaban J connectivity index is 1.65. The molecule has 6 heteroatoms. The first-order valence-corrected chi connectivity index (χ1v) is 8.34. The molecule has 0 unspecified atom stereocenters. The molecule has 1 amide bonds. The van der Waals surface area contributed by atoms with Gasteiger partial charge in [0.15, 0.2) is 0 Å². The van der Waals surface area contributed by atoms with Crippen molar-refractivity contribution in [2.24, 2.45) is 0 Å². The maximum atomic E-state index is 12.1. The van der Waals surface area contributed by atoms with Gasteiger partial charge in [0.25, 0.3) is 0 Å². The molecule has 0 fully saturated rings. The number of anilines is 2. The standard InChI is InChI=1S/C17H17N3O2S/c1-18-16-13-4-2-3-5-14(13)23-17(16)20-15(22)10-19-11-6-8-12(21)9-7-11/h6-9,19,21H,2-5,10H2,(H,20,22). The van der Waals surface area contributed by atoms with Gasteiger partial charge < -0.3 is 15.7 Å². The summed E-state index contributed by atoms with van der Waals surface area (Å²) in [5, 5.41) is 15.8. The molecule has 0 spiro atoms. The van der Waals surface area contributed by atoms with Crippen molar-refractivity contribution in [3.8, 4) is 5.75 Å². The molecule has 2 aromatic rings. The van der Waals surface area contributed by atoms with Crippen molar-refractivity contribution >= 4 is 33.6 Å². The van der Waals surface area contributed by atoms with E-state index >= 15 is 0 Å². The number of carbonyl (C=O) groups is 1. The molecule has 0 atom stereocenters. The van der Waals surface area contributed by atoms with Gasteiger partial charge in [-0.25, -0.2) is 4.85 Å². The molecule has 3 N–H and O–H groups in total. The zero-order chi connectivity index (χ0) is 16.2. The Labute approximate surface area is 138 Å². The Morgan fingerprint density at radius 3 is 2.74 bits per heavy atom. The van der Waals surface area contributed by atoms with Crippen molar-refractivity contribution in [2.45, 2.75) is 25.7 Å². The van der Waals surface area contributed by atoms with Gasteiger partial charge >= 0.3 is 0 Å². The molecule has 0 saturated heterocycles. The second-order valence-electron chi connectivity index (χ2n) is 5.45. The van der Waals surface area contributed by atoms with E-state index in [2.05, 4.69) is 15.5 Å². The van der Waals surface area contributed by atoms with Gasteiger partial charge in [-0.05, 0) is 54.0 Å². The molecule has 0 saturated carbocycles. The number of hydrogen-bond donors (Lipinski definition) is 3. The van der Waals surface area contributed by atoms with Crippen molar-refractivity contribution in [3.05, 3.63) is 46.1 Å². The molecule has 5 nitrogen and oxygen atoms in total. The largest absolute Gasteiger partial charge is 0.508 e. The molecule has 1 heterocycles. The molecule has 23 heavy (non-hydrogen) atoms. The lowest BCUT2D eigenvalue weighted by Gasteiger charge is -2.10. The van der Waals surface area contributed by atoms with E-state index in [1.54, 1.807) is 24.3 Å². The van der Waals surface area contributed by atoms with Gasteiger partial charge in [-0.3, -0.25) is 4.79 Å². The maximum Gasteiger partial charge on any atom is 0.243 e. The third-order valence-corrected chi connectivity index (χ3v) is 5.02. The molecule has 0 radical (unpaired) electrons. The van der Waals surface area contributed by atoms with Crippen LogP contribution in [-0.2, 0) is 17.6 Å². The number of thiophene rings is 1. The maximum absolute atomic E-state index is 12.1. The molecule has 1 aliphatic rings. The number of carbonyl (C=O) groups excluding carboxylic acids is 1. The third kappa shape index (κ3) is 3.46. The summed E-state index contributed by atoms with van der Waals surface area (Å²) >= 11 is 1.53. The number of phenols is 1. The summed E-state index contributed by atoms with van der Waals surface area (Å²) < 4.78 is 0. The lowest BCUT2D eigenvalue weighted by atomic mass is 9.98. The number of hydrogen-bond acceptors (Lipinski definition) is 4. The number of benzene rings is 1. The van der Waals surface area contributed by atoms with Crippen molar-refractivity contribution in [1.29, 1.82) is 0 Å². The molecule has 1 aromatic heterocycles. The Morgan fingerprint density at radius 2 is 2.00 bits per heavy atom. The number of nitrogens with zero attached hydrogens (tertiary/aromatic N) is 1. The van der Waals surface area contributed by atoms with Gasteiger partial charge in [0, 0.05) is 5.69 Å². The van der Waals surface area contributed by atoms with Crippen LogP contribution in [-0.4, -0.2) is 17.6 Å². The van der Waals surface area contributed by atoms with Crippen LogP contribution >= 0.6 is 11.3 Å². The zero-order valence-corrected chi connectivity index (χ0v) is 13.4. The van der Waals surface area contributed by atoms with Crippen LogP contribution in [0.1, 0.15) is 23.3 Å². The topological polar surface area (TPSA) is 65.7 Å². The minimum atomic E-state index is -0.179. The molecule has 1 aromatic carbocycles. The minimum absolute atomic E-state index is 0.116. The predicted molar refractivity (Wildman–Crippen MR) is 92.4 cm³/mol. The molecule has 0 aliphatic heterocycles. The van der Waals surface area contributed by atoms with Gasteiger partial charge in [0.05, 0.1) is 13.1 Å². The first-order chi connectivity index (χ1) is 11.2. The summed E-state index contributed by atoms with van der Waals surface area (Å²) in [5.74, 6) is 0.00689. The van der Waals surface area contributed by atoms with E-state index in [0.29, 0.717) is 10.7 Å². The van der Waals surface area contributed by atoms with Crippen molar-refractivity contribution in [2.75, 3.05) is 17.2 Å². The number of amides is 1. The zero-order valence-electron chi connectivity index (χ0n) is 12.6. The van der Waals surface area contributed by atoms with E-state index in [4.69, 9.17) is 6.57 Å². The number of aryl methyl sites for hydroxylation is 1. The fraction of sp³-hybridized carbons (Fsp3) is 0.294. The number of aromatic hydroxyl groups is 1. The summed E-state index contributed by atoms with van der Waals surface area (Å²) in [6, 6.07) is 6.53. The van der Waals surface area contributed by atoms with Crippen LogP contribution in [0.4, 0.5) is 16.4 Å².